The third-order valence-corrected chi connectivity index (χ3v) is 7.23. The molecule has 8 heteroatoms. The second-order valence-electron chi connectivity index (χ2n) is 10.3. The number of rotatable bonds is 9. The predicted molar refractivity (Wildman–Crippen MR) is 174 cm³/mol. The number of carbonyl (C=O) groups excluding carboxylic acids is 1. The van der Waals surface area contributed by atoms with E-state index in [1.807, 2.05) is 104 Å². The van der Waals surface area contributed by atoms with Gasteiger partial charge in [0, 0.05) is 16.5 Å². The Morgan fingerprint density at radius 2 is 1.59 bits per heavy atom. The smallest absolute Gasteiger partial charge is 0.259 e. The zero-order valence-corrected chi connectivity index (χ0v) is 24.2. The first-order valence-electron chi connectivity index (χ1n) is 14.1. The number of fused-ring (bicyclic) bond motifs is 2. The van der Waals surface area contributed by atoms with E-state index >= 15 is 0 Å². The van der Waals surface area contributed by atoms with Crippen LogP contribution in [0.3, 0.4) is 0 Å². The Hall–Kier alpha value is -5.73. The van der Waals surface area contributed by atoms with Crippen LogP contribution in [0.5, 0.6) is 11.5 Å². The molecular formula is C36H30N4O4. The topological polar surface area (TPSA) is 105 Å². The number of anilines is 2. The molecule has 0 aliphatic carbocycles. The zero-order valence-electron chi connectivity index (χ0n) is 24.2. The lowest BCUT2D eigenvalue weighted by molar-refractivity contribution is 0.102. The summed E-state index contributed by atoms with van der Waals surface area (Å²) in [7, 11) is 1.55. The van der Waals surface area contributed by atoms with Crippen molar-refractivity contribution in [3.05, 3.63) is 132 Å². The Labute approximate surface area is 254 Å². The van der Waals surface area contributed by atoms with Gasteiger partial charge >= 0.3 is 0 Å². The van der Waals surface area contributed by atoms with Crippen LogP contribution < -0.4 is 15.5 Å². The Balaban J connectivity index is 1.33. The number of ether oxygens (including phenoxy) is 1. The molecule has 0 saturated heterocycles. The number of amides is 1. The molecule has 0 aromatic heterocycles. The number of para-hydroxylation sites is 1. The maximum atomic E-state index is 13.6. The number of nitrogens with one attached hydrogen (secondary N) is 2. The lowest BCUT2D eigenvalue weighted by Crippen LogP contribution is -2.12. The average molecular weight is 583 g/mol. The number of hydrogen-bond donors (Lipinski definition) is 3. The normalized spacial score (nSPS) is 11.2. The number of carbonyl (C=O) groups is 1. The average Bonchev–Trinajstić information content (AvgIpc) is 3.05. The summed E-state index contributed by atoms with van der Waals surface area (Å²) in [5.41, 5.74) is 6.95. The summed E-state index contributed by atoms with van der Waals surface area (Å²) in [6.45, 7) is 2.23. The summed E-state index contributed by atoms with van der Waals surface area (Å²) < 4.78 is 5.52. The van der Waals surface area contributed by atoms with E-state index in [9.17, 15) is 9.90 Å². The highest BCUT2D eigenvalue weighted by atomic mass is 16.6. The number of methoxy groups -OCH3 is 1. The van der Waals surface area contributed by atoms with Crippen LogP contribution in [-0.2, 0) is 11.4 Å². The van der Waals surface area contributed by atoms with Gasteiger partial charge in [0.25, 0.3) is 5.91 Å². The van der Waals surface area contributed by atoms with Gasteiger partial charge in [-0.15, -0.1) is 10.2 Å². The van der Waals surface area contributed by atoms with Crippen molar-refractivity contribution in [2.45, 2.75) is 13.5 Å². The second kappa shape index (κ2) is 12.6. The van der Waals surface area contributed by atoms with Crippen LogP contribution >= 0.6 is 0 Å². The molecule has 218 valence electrons. The number of phenols is 1. The number of azo groups is 1. The molecule has 0 aliphatic heterocycles. The summed E-state index contributed by atoms with van der Waals surface area (Å²) in [5.74, 6) is -0.229. The van der Waals surface area contributed by atoms with Crippen molar-refractivity contribution in [1.82, 2.24) is 0 Å². The van der Waals surface area contributed by atoms with Gasteiger partial charge in [0.2, 0.25) is 0 Å². The Kier molecular flexibility index (Phi) is 8.16. The molecule has 3 N–H and O–H groups in total. The van der Waals surface area contributed by atoms with Gasteiger partial charge in [0.1, 0.15) is 17.1 Å². The van der Waals surface area contributed by atoms with Gasteiger partial charge in [-0.05, 0) is 59.7 Å². The standard InChI is InChI=1S/C36H30N4O4/c1-23-15-17-29-26(19-23)21-30(36(42)37-31-14-8-10-25-9-6-7-13-28(25)31)35(41)34(29)39-38-32-20-24(16-18-33(32)43-2)22-44-40-27-11-4-3-5-12-27/h3-21,40-41H,22H2,1-2H3,(H,37,42). The fourth-order valence-corrected chi connectivity index (χ4v) is 5.01. The first-order chi connectivity index (χ1) is 21.5. The van der Waals surface area contributed by atoms with E-state index in [1.165, 1.54) is 0 Å². The molecule has 0 heterocycles. The van der Waals surface area contributed by atoms with Crippen molar-refractivity contribution in [2.24, 2.45) is 10.2 Å². The van der Waals surface area contributed by atoms with E-state index in [0.717, 1.165) is 33.0 Å². The molecule has 44 heavy (non-hydrogen) atoms. The summed E-state index contributed by atoms with van der Waals surface area (Å²) in [5, 5.41) is 26.6. The van der Waals surface area contributed by atoms with Gasteiger partial charge in [-0.25, -0.2) is 0 Å². The minimum absolute atomic E-state index is 0.0890. The van der Waals surface area contributed by atoms with Crippen molar-refractivity contribution >= 4 is 50.2 Å². The molecule has 0 bridgehead atoms. The number of aromatic hydroxyl groups is 1. The SMILES string of the molecule is COc1ccc(CONc2ccccc2)cc1N=Nc1c(O)c(C(=O)Nc2cccc3ccccc23)cc2cc(C)ccc12. The first kappa shape index (κ1) is 28.4. The van der Waals surface area contributed by atoms with Gasteiger partial charge in [-0.2, -0.15) is 0 Å². The van der Waals surface area contributed by atoms with Gasteiger partial charge in [-0.1, -0.05) is 84.4 Å². The summed E-state index contributed by atoms with van der Waals surface area (Å²) in [6.07, 6.45) is 0. The molecule has 0 aliphatic rings. The summed E-state index contributed by atoms with van der Waals surface area (Å²) in [6, 6.07) is 35.9. The zero-order chi connectivity index (χ0) is 30.5. The minimum atomic E-state index is -0.457. The number of aryl methyl sites for hydroxylation is 1. The van der Waals surface area contributed by atoms with Crippen LogP contribution in [0.25, 0.3) is 21.5 Å². The molecule has 0 saturated carbocycles. The van der Waals surface area contributed by atoms with E-state index < -0.39 is 5.91 Å². The first-order valence-corrected chi connectivity index (χ1v) is 14.1. The molecule has 6 aromatic carbocycles. The molecule has 6 rings (SSSR count). The molecule has 0 radical (unpaired) electrons. The summed E-state index contributed by atoms with van der Waals surface area (Å²) >= 11 is 0. The Morgan fingerprint density at radius 3 is 2.43 bits per heavy atom. The van der Waals surface area contributed by atoms with Crippen molar-refractivity contribution in [1.29, 1.82) is 0 Å². The van der Waals surface area contributed by atoms with Crippen LogP contribution in [0.4, 0.5) is 22.7 Å². The quantitative estimate of drug-likeness (QED) is 0.116. The maximum Gasteiger partial charge on any atom is 0.259 e. The van der Waals surface area contributed by atoms with Crippen molar-refractivity contribution in [2.75, 3.05) is 17.9 Å². The van der Waals surface area contributed by atoms with Gasteiger partial charge in [0.15, 0.2) is 5.75 Å². The molecule has 0 fully saturated rings. The largest absolute Gasteiger partial charge is 0.505 e. The fourth-order valence-electron chi connectivity index (χ4n) is 5.01. The lowest BCUT2D eigenvalue weighted by Gasteiger charge is -2.13. The monoisotopic (exact) mass is 582 g/mol. The Bertz CT molecular complexity index is 2000. The molecule has 6 aromatic rings. The number of hydrogen-bond acceptors (Lipinski definition) is 7. The highest BCUT2D eigenvalue weighted by Gasteiger charge is 2.20. The van der Waals surface area contributed by atoms with Crippen LogP contribution in [0.15, 0.2) is 125 Å². The van der Waals surface area contributed by atoms with Crippen molar-refractivity contribution in [3.8, 4) is 11.5 Å². The van der Waals surface area contributed by atoms with Gasteiger partial charge in [0.05, 0.1) is 25.0 Å². The van der Waals surface area contributed by atoms with E-state index in [-0.39, 0.29) is 23.6 Å². The van der Waals surface area contributed by atoms with E-state index in [2.05, 4.69) is 21.0 Å². The molecule has 0 atom stereocenters. The molecule has 1 amide bonds. The predicted octanol–water partition coefficient (Wildman–Crippen LogP) is 9.23. The third kappa shape index (κ3) is 6.06. The lowest BCUT2D eigenvalue weighted by atomic mass is 10.0. The highest BCUT2D eigenvalue weighted by Crippen LogP contribution is 2.41. The van der Waals surface area contributed by atoms with Crippen molar-refractivity contribution < 1.29 is 19.5 Å². The van der Waals surface area contributed by atoms with E-state index in [1.54, 1.807) is 25.3 Å². The van der Waals surface area contributed by atoms with Crippen LogP contribution in [0.2, 0.25) is 0 Å². The molecule has 0 spiro atoms. The van der Waals surface area contributed by atoms with E-state index in [0.29, 0.717) is 22.5 Å². The van der Waals surface area contributed by atoms with E-state index in [4.69, 9.17) is 9.57 Å². The molecule has 8 nitrogen and oxygen atoms in total. The molecular weight excluding hydrogens is 552 g/mol. The van der Waals surface area contributed by atoms with Gasteiger partial charge in [-0.3, -0.25) is 15.1 Å². The maximum absolute atomic E-state index is 13.6. The molecule has 0 unspecified atom stereocenters. The number of phenolic OH excluding ortho intramolecular Hbond substituents is 1. The summed E-state index contributed by atoms with van der Waals surface area (Å²) in [4.78, 5) is 19.3. The van der Waals surface area contributed by atoms with Crippen LogP contribution in [0.1, 0.15) is 21.5 Å². The highest BCUT2D eigenvalue weighted by molar-refractivity contribution is 6.14. The number of nitrogens with zero attached hydrogens (tertiary/aromatic N) is 2. The van der Waals surface area contributed by atoms with Crippen molar-refractivity contribution in [3.63, 3.8) is 0 Å². The fraction of sp³-hybridized carbons (Fsp3) is 0.0833. The third-order valence-electron chi connectivity index (χ3n) is 7.23. The Morgan fingerprint density at radius 1 is 0.795 bits per heavy atom. The van der Waals surface area contributed by atoms with Crippen LogP contribution in [-0.4, -0.2) is 18.1 Å². The van der Waals surface area contributed by atoms with Crippen LogP contribution in [0, 0.1) is 6.92 Å². The second-order valence-corrected chi connectivity index (χ2v) is 10.3. The van der Waals surface area contributed by atoms with Gasteiger partial charge < -0.3 is 15.2 Å². The number of benzene rings is 6. The minimum Gasteiger partial charge on any atom is -0.505 e.